The van der Waals surface area contributed by atoms with Gasteiger partial charge in [-0.2, -0.15) is 0 Å². The van der Waals surface area contributed by atoms with Crippen molar-refractivity contribution in [3.8, 4) is 11.4 Å². The van der Waals surface area contributed by atoms with Gasteiger partial charge in [0.05, 0.1) is 18.2 Å². The minimum absolute atomic E-state index is 0.0302. The molecule has 0 aliphatic heterocycles. The summed E-state index contributed by atoms with van der Waals surface area (Å²) in [6.45, 7) is 3.86. The maximum atomic E-state index is 12.6. The highest BCUT2D eigenvalue weighted by Crippen LogP contribution is 2.16. The summed E-state index contributed by atoms with van der Waals surface area (Å²) in [6.07, 6.45) is 0. The predicted octanol–water partition coefficient (Wildman–Crippen LogP) is 3.10. The molecule has 1 heterocycles. The average Bonchev–Trinajstić information content (AvgIpc) is 2.74. The SMILES string of the molecule is CCOC(=O)c1ccc(C(C)NC(=O)c2cc(=O)[nH]c(-c3ccccc3)n2)cc1. The van der Waals surface area contributed by atoms with Crippen molar-refractivity contribution in [2.45, 2.75) is 19.9 Å². The third-order valence-electron chi connectivity index (χ3n) is 4.29. The molecule has 2 aromatic carbocycles. The first-order valence-corrected chi connectivity index (χ1v) is 9.22. The zero-order chi connectivity index (χ0) is 20.8. The van der Waals surface area contributed by atoms with E-state index in [0.29, 0.717) is 23.6 Å². The molecule has 29 heavy (non-hydrogen) atoms. The van der Waals surface area contributed by atoms with Crippen molar-refractivity contribution in [3.05, 3.63) is 87.8 Å². The van der Waals surface area contributed by atoms with E-state index in [0.717, 1.165) is 5.56 Å². The fourth-order valence-corrected chi connectivity index (χ4v) is 2.78. The number of aromatic amines is 1. The van der Waals surface area contributed by atoms with E-state index in [1.54, 1.807) is 43.3 Å². The summed E-state index contributed by atoms with van der Waals surface area (Å²) in [6, 6.07) is 16.7. The fourth-order valence-electron chi connectivity index (χ4n) is 2.78. The Morgan fingerprint density at radius 2 is 1.79 bits per heavy atom. The number of ether oxygens (including phenoxy) is 1. The Balaban J connectivity index is 1.75. The molecule has 1 unspecified atom stereocenters. The molecule has 2 N–H and O–H groups in total. The van der Waals surface area contributed by atoms with Gasteiger partial charge in [0.2, 0.25) is 0 Å². The molecule has 3 aromatic rings. The molecule has 0 saturated heterocycles. The molecule has 1 amide bonds. The van der Waals surface area contributed by atoms with Gasteiger partial charge in [-0.15, -0.1) is 0 Å². The Labute approximate surface area is 167 Å². The van der Waals surface area contributed by atoms with Crippen LogP contribution in [0.25, 0.3) is 11.4 Å². The molecule has 0 aliphatic carbocycles. The number of hydrogen-bond acceptors (Lipinski definition) is 5. The van der Waals surface area contributed by atoms with Crippen LogP contribution in [0.4, 0.5) is 0 Å². The van der Waals surface area contributed by atoms with Crippen LogP contribution >= 0.6 is 0 Å². The minimum Gasteiger partial charge on any atom is -0.462 e. The van der Waals surface area contributed by atoms with E-state index >= 15 is 0 Å². The van der Waals surface area contributed by atoms with Crippen molar-refractivity contribution in [2.24, 2.45) is 0 Å². The van der Waals surface area contributed by atoms with E-state index in [1.807, 2.05) is 25.1 Å². The van der Waals surface area contributed by atoms with Gasteiger partial charge in [0, 0.05) is 11.6 Å². The monoisotopic (exact) mass is 391 g/mol. The summed E-state index contributed by atoms with van der Waals surface area (Å²) in [5.74, 6) is -0.526. The summed E-state index contributed by atoms with van der Waals surface area (Å²) in [7, 11) is 0. The summed E-state index contributed by atoms with van der Waals surface area (Å²) < 4.78 is 4.96. The lowest BCUT2D eigenvalue weighted by molar-refractivity contribution is 0.0526. The first-order valence-electron chi connectivity index (χ1n) is 9.22. The van der Waals surface area contributed by atoms with E-state index in [1.165, 1.54) is 6.07 Å². The number of H-pyrrole nitrogens is 1. The van der Waals surface area contributed by atoms with Crippen molar-refractivity contribution in [3.63, 3.8) is 0 Å². The Morgan fingerprint density at radius 3 is 2.45 bits per heavy atom. The van der Waals surface area contributed by atoms with Gasteiger partial charge in [-0.1, -0.05) is 42.5 Å². The highest BCUT2D eigenvalue weighted by molar-refractivity contribution is 5.93. The van der Waals surface area contributed by atoms with Crippen molar-refractivity contribution < 1.29 is 14.3 Å². The lowest BCUT2D eigenvalue weighted by Gasteiger charge is -2.15. The van der Waals surface area contributed by atoms with E-state index in [9.17, 15) is 14.4 Å². The highest BCUT2D eigenvalue weighted by atomic mass is 16.5. The quantitative estimate of drug-likeness (QED) is 0.629. The Bertz CT molecular complexity index is 1060. The molecule has 1 aromatic heterocycles. The van der Waals surface area contributed by atoms with Gasteiger partial charge in [0.15, 0.2) is 0 Å². The molecule has 3 rings (SSSR count). The normalized spacial score (nSPS) is 11.5. The molecule has 0 saturated carbocycles. The number of hydrogen-bond donors (Lipinski definition) is 2. The van der Waals surface area contributed by atoms with Crippen LogP contribution < -0.4 is 10.9 Å². The minimum atomic E-state index is -0.463. The number of carbonyl (C=O) groups is 2. The van der Waals surface area contributed by atoms with Crippen molar-refractivity contribution in [1.29, 1.82) is 0 Å². The lowest BCUT2D eigenvalue weighted by atomic mass is 10.1. The van der Waals surface area contributed by atoms with E-state index in [2.05, 4.69) is 15.3 Å². The third-order valence-corrected chi connectivity index (χ3v) is 4.29. The van der Waals surface area contributed by atoms with Gasteiger partial charge < -0.3 is 15.0 Å². The molecular formula is C22H21N3O4. The van der Waals surface area contributed by atoms with Gasteiger partial charge >= 0.3 is 5.97 Å². The predicted molar refractivity (Wildman–Crippen MR) is 109 cm³/mol. The summed E-state index contributed by atoms with van der Waals surface area (Å²) in [4.78, 5) is 43.3. The Morgan fingerprint density at radius 1 is 1.10 bits per heavy atom. The maximum absolute atomic E-state index is 12.6. The zero-order valence-corrected chi connectivity index (χ0v) is 16.1. The van der Waals surface area contributed by atoms with Crippen LogP contribution in [0.1, 0.15) is 46.3 Å². The molecule has 0 aliphatic rings. The average molecular weight is 391 g/mol. The second kappa shape index (κ2) is 8.97. The molecule has 0 radical (unpaired) electrons. The van der Waals surface area contributed by atoms with Gasteiger partial charge in [0.25, 0.3) is 11.5 Å². The molecule has 0 fully saturated rings. The van der Waals surface area contributed by atoms with Crippen LogP contribution in [-0.2, 0) is 4.74 Å². The van der Waals surface area contributed by atoms with Crippen molar-refractivity contribution in [1.82, 2.24) is 15.3 Å². The molecule has 0 bridgehead atoms. The topological polar surface area (TPSA) is 101 Å². The standard InChI is InChI=1S/C22H21N3O4/c1-3-29-22(28)17-11-9-15(10-12-17)14(2)23-21(27)18-13-19(26)25-20(24-18)16-7-5-4-6-8-16/h4-14H,3H2,1-2H3,(H,23,27)(H,24,25,26). The molecule has 1 atom stereocenters. The largest absolute Gasteiger partial charge is 0.462 e. The number of aromatic nitrogens is 2. The number of nitrogens with one attached hydrogen (secondary N) is 2. The van der Waals surface area contributed by atoms with Crippen molar-refractivity contribution >= 4 is 11.9 Å². The number of amides is 1. The van der Waals surface area contributed by atoms with Crippen LogP contribution in [0.2, 0.25) is 0 Å². The van der Waals surface area contributed by atoms with Crippen LogP contribution in [-0.4, -0.2) is 28.5 Å². The van der Waals surface area contributed by atoms with Gasteiger partial charge in [-0.3, -0.25) is 9.59 Å². The van der Waals surface area contributed by atoms with Gasteiger partial charge in [-0.05, 0) is 31.5 Å². The number of benzene rings is 2. The third kappa shape index (κ3) is 4.95. The number of rotatable bonds is 6. The summed E-state index contributed by atoms with van der Waals surface area (Å²) in [5.41, 5.74) is 1.58. The highest BCUT2D eigenvalue weighted by Gasteiger charge is 2.15. The molecule has 148 valence electrons. The lowest BCUT2D eigenvalue weighted by Crippen LogP contribution is -2.29. The molecule has 7 nitrogen and oxygen atoms in total. The smallest absolute Gasteiger partial charge is 0.338 e. The summed E-state index contributed by atoms with van der Waals surface area (Å²) in [5, 5.41) is 2.82. The van der Waals surface area contributed by atoms with Crippen LogP contribution in [0.3, 0.4) is 0 Å². The van der Waals surface area contributed by atoms with Crippen LogP contribution in [0, 0.1) is 0 Å². The van der Waals surface area contributed by atoms with E-state index in [-0.39, 0.29) is 11.7 Å². The van der Waals surface area contributed by atoms with E-state index < -0.39 is 17.4 Å². The fraction of sp³-hybridized carbons (Fsp3) is 0.182. The summed E-state index contributed by atoms with van der Waals surface area (Å²) >= 11 is 0. The molecule has 0 spiro atoms. The van der Waals surface area contributed by atoms with E-state index in [4.69, 9.17) is 4.74 Å². The first-order chi connectivity index (χ1) is 14.0. The maximum Gasteiger partial charge on any atom is 0.338 e. The van der Waals surface area contributed by atoms with Crippen LogP contribution in [0.15, 0.2) is 65.5 Å². The second-order valence-corrected chi connectivity index (χ2v) is 6.38. The zero-order valence-electron chi connectivity index (χ0n) is 16.1. The van der Waals surface area contributed by atoms with Gasteiger partial charge in [-0.25, -0.2) is 9.78 Å². The Kier molecular flexibility index (Phi) is 6.19. The second-order valence-electron chi connectivity index (χ2n) is 6.38. The molecular weight excluding hydrogens is 370 g/mol. The molecule has 7 heteroatoms. The van der Waals surface area contributed by atoms with Crippen molar-refractivity contribution in [2.75, 3.05) is 6.61 Å². The number of nitrogens with zero attached hydrogens (tertiary/aromatic N) is 1. The van der Waals surface area contributed by atoms with Crippen LogP contribution in [0.5, 0.6) is 0 Å². The Hall–Kier alpha value is -3.74. The number of esters is 1. The van der Waals surface area contributed by atoms with Gasteiger partial charge in [0.1, 0.15) is 11.5 Å². The first kappa shape index (κ1) is 20.0. The number of carbonyl (C=O) groups excluding carboxylic acids is 2.